The van der Waals surface area contributed by atoms with Crippen LogP contribution in [0.2, 0.25) is 0 Å². The fourth-order valence-electron chi connectivity index (χ4n) is 2.17. The number of Topliss-reactive ketones (excluding diaryl/α,β-unsaturated/α-hetero) is 1. The maximum absolute atomic E-state index is 12.4. The van der Waals surface area contributed by atoms with Gasteiger partial charge in [0.25, 0.3) is 5.91 Å². The van der Waals surface area contributed by atoms with Crippen molar-refractivity contribution in [2.45, 2.75) is 20.3 Å². The molecule has 0 bridgehead atoms. The summed E-state index contributed by atoms with van der Waals surface area (Å²) < 4.78 is 0.808. The van der Waals surface area contributed by atoms with E-state index in [4.69, 9.17) is 0 Å². The first-order valence-corrected chi connectivity index (χ1v) is 6.86. The molecule has 1 aromatic carbocycles. The number of aryl methyl sites for hydroxylation is 1. The Labute approximate surface area is 115 Å². The lowest BCUT2D eigenvalue weighted by atomic mass is 9.98. The maximum atomic E-state index is 12.4. The van der Waals surface area contributed by atoms with Crippen molar-refractivity contribution in [3.63, 3.8) is 0 Å². The van der Waals surface area contributed by atoms with Gasteiger partial charge in [-0.1, -0.05) is 18.6 Å². The summed E-state index contributed by atoms with van der Waals surface area (Å²) in [4.78, 5) is 25.7. The Morgan fingerprint density at radius 3 is 2.83 bits per heavy atom. The van der Waals surface area contributed by atoms with Gasteiger partial charge in [0.15, 0.2) is 0 Å². The van der Waals surface area contributed by atoms with Crippen LogP contribution in [0.4, 0.5) is 0 Å². The van der Waals surface area contributed by atoms with E-state index in [1.54, 1.807) is 4.90 Å². The molecule has 0 aliphatic carbocycles. The summed E-state index contributed by atoms with van der Waals surface area (Å²) in [7, 11) is 0. The normalized spacial score (nSPS) is 20.1. The number of ketones is 1. The lowest BCUT2D eigenvalue weighted by Gasteiger charge is -2.30. The van der Waals surface area contributed by atoms with Crippen LogP contribution in [0.5, 0.6) is 0 Å². The zero-order valence-electron chi connectivity index (χ0n) is 10.6. The lowest BCUT2D eigenvalue weighted by molar-refractivity contribution is -0.124. The van der Waals surface area contributed by atoms with Crippen molar-refractivity contribution < 1.29 is 9.59 Å². The second kappa shape index (κ2) is 5.22. The molecule has 18 heavy (non-hydrogen) atoms. The highest BCUT2D eigenvalue weighted by atomic mass is 79.9. The fourth-order valence-corrected chi connectivity index (χ4v) is 2.59. The highest BCUT2D eigenvalue weighted by molar-refractivity contribution is 9.10. The zero-order chi connectivity index (χ0) is 13.3. The van der Waals surface area contributed by atoms with Gasteiger partial charge in [-0.2, -0.15) is 0 Å². The van der Waals surface area contributed by atoms with Crippen LogP contribution in [-0.2, 0) is 4.79 Å². The molecule has 1 saturated heterocycles. The van der Waals surface area contributed by atoms with E-state index in [1.807, 2.05) is 32.0 Å². The molecule has 0 saturated carbocycles. The fraction of sp³-hybridized carbons (Fsp3) is 0.429. The van der Waals surface area contributed by atoms with E-state index in [0.29, 0.717) is 25.1 Å². The van der Waals surface area contributed by atoms with Crippen molar-refractivity contribution in [1.29, 1.82) is 0 Å². The molecule has 1 unspecified atom stereocenters. The van der Waals surface area contributed by atoms with Crippen molar-refractivity contribution >= 4 is 27.6 Å². The van der Waals surface area contributed by atoms with Gasteiger partial charge in [-0.3, -0.25) is 9.59 Å². The number of carbonyl (C=O) groups excluding carboxylic acids is 2. The molecule has 2 rings (SSSR count). The van der Waals surface area contributed by atoms with Crippen molar-refractivity contribution in [2.75, 3.05) is 13.1 Å². The molecule has 96 valence electrons. The molecule has 3 nitrogen and oxygen atoms in total. The van der Waals surface area contributed by atoms with Gasteiger partial charge in [-0.15, -0.1) is 0 Å². The Kier molecular flexibility index (Phi) is 3.85. The molecular formula is C14H16BrNO2. The van der Waals surface area contributed by atoms with Gasteiger partial charge in [0, 0.05) is 29.9 Å². The molecule has 1 aliphatic rings. The molecule has 1 fully saturated rings. The SMILES string of the molecule is Cc1ccc(Br)c(C(=O)N2CCC(=O)C(C)C2)c1. The zero-order valence-corrected chi connectivity index (χ0v) is 12.2. The minimum Gasteiger partial charge on any atom is -0.337 e. The van der Waals surface area contributed by atoms with E-state index in [2.05, 4.69) is 15.9 Å². The van der Waals surface area contributed by atoms with E-state index in [0.717, 1.165) is 10.0 Å². The molecule has 1 aliphatic heterocycles. The number of carbonyl (C=O) groups is 2. The average molecular weight is 310 g/mol. The van der Waals surface area contributed by atoms with Gasteiger partial charge in [0.2, 0.25) is 0 Å². The number of rotatable bonds is 1. The van der Waals surface area contributed by atoms with Crippen LogP contribution in [0, 0.1) is 12.8 Å². The Balaban J connectivity index is 2.21. The van der Waals surface area contributed by atoms with E-state index in [1.165, 1.54) is 0 Å². The monoisotopic (exact) mass is 309 g/mol. The van der Waals surface area contributed by atoms with Gasteiger partial charge >= 0.3 is 0 Å². The molecule has 1 aromatic rings. The van der Waals surface area contributed by atoms with Crippen molar-refractivity contribution in [3.8, 4) is 0 Å². The van der Waals surface area contributed by atoms with Gasteiger partial charge in [-0.25, -0.2) is 0 Å². The predicted octanol–water partition coefficient (Wildman–Crippen LogP) is 2.81. The highest BCUT2D eigenvalue weighted by Crippen LogP contribution is 2.22. The van der Waals surface area contributed by atoms with Crippen LogP contribution >= 0.6 is 15.9 Å². The van der Waals surface area contributed by atoms with Crippen LogP contribution in [0.15, 0.2) is 22.7 Å². The summed E-state index contributed by atoms with van der Waals surface area (Å²) in [5.74, 6) is 0.207. The predicted molar refractivity (Wildman–Crippen MR) is 73.6 cm³/mol. The van der Waals surface area contributed by atoms with Crippen LogP contribution < -0.4 is 0 Å². The van der Waals surface area contributed by atoms with Crippen LogP contribution in [0.25, 0.3) is 0 Å². The standard InChI is InChI=1S/C14H16BrNO2/c1-9-3-4-12(15)11(7-9)14(18)16-6-5-13(17)10(2)8-16/h3-4,7,10H,5-6,8H2,1-2H3. The summed E-state index contributed by atoms with van der Waals surface area (Å²) in [5, 5.41) is 0. The number of benzene rings is 1. The molecule has 4 heteroatoms. The first-order chi connectivity index (χ1) is 8.49. The molecule has 1 atom stereocenters. The molecule has 0 spiro atoms. The van der Waals surface area contributed by atoms with Crippen LogP contribution in [0.1, 0.15) is 29.3 Å². The summed E-state index contributed by atoms with van der Waals surface area (Å²) in [6.45, 7) is 4.90. The third-order valence-electron chi connectivity index (χ3n) is 3.31. The van der Waals surface area contributed by atoms with E-state index in [9.17, 15) is 9.59 Å². The third kappa shape index (κ3) is 2.64. The molecule has 0 radical (unpaired) electrons. The second-order valence-electron chi connectivity index (χ2n) is 4.85. The quantitative estimate of drug-likeness (QED) is 0.800. The number of hydrogen-bond donors (Lipinski definition) is 0. The number of halogens is 1. The second-order valence-corrected chi connectivity index (χ2v) is 5.71. The van der Waals surface area contributed by atoms with Gasteiger partial charge in [0.05, 0.1) is 5.56 Å². The average Bonchev–Trinajstić information content (AvgIpc) is 2.35. The third-order valence-corrected chi connectivity index (χ3v) is 4.00. The van der Waals surface area contributed by atoms with Crippen molar-refractivity contribution in [1.82, 2.24) is 4.90 Å². The summed E-state index contributed by atoms with van der Waals surface area (Å²) in [6.07, 6.45) is 0.469. The minimum atomic E-state index is -0.0497. The molecule has 0 N–H and O–H groups in total. The van der Waals surface area contributed by atoms with Gasteiger partial charge in [0.1, 0.15) is 5.78 Å². The summed E-state index contributed by atoms with van der Waals surface area (Å²) in [6, 6.07) is 5.73. The topological polar surface area (TPSA) is 37.4 Å². The number of piperidine rings is 1. The molecule has 1 heterocycles. The maximum Gasteiger partial charge on any atom is 0.255 e. The number of amides is 1. The van der Waals surface area contributed by atoms with Gasteiger partial charge in [-0.05, 0) is 35.0 Å². The number of nitrogens with zero attached hydrogens (tertiary/aromatic N) is 1. The summed E-state index contributed by atoms with van der Waals surface area (Å²) in [5.41, 5.74) is 1.74. The van der Waals surface area contributed by atoms with Crippen molar-refractivity contribution in [2.24, 2.45) is 5.92 Å². The molecule has 1 amide bonds. The minimum absolute atomic E-state index is 0.00456. The van der Waals surface area contributed by atoms with Crippen LogP contribution in [0.3, 0.4) is 0 Å². The smallest absolute Gasteiger partial charge is 0.255 e. The first kappa shape index (κ1) is 13.3. The largest absolute Gasteiger partial charge is 0.337 e. The van der Waals surface area contributed by atoms with Crippen molar-refractivity contribution in [3.05, 3.63) is 33.8 Å². The Hall–Kier alpha value is -1.16. The van der Waals surface area contributed by atoms with E-state index < -0.39 is 0 Å². The Bertz CT molecular complexity index is 499. The number of likely N-dealkylation sites (tertiary alicyclic amines) is 1. The van der Waals surface area contributed by atoms with E-state index in [-0.39, 0.29) is 17.6 Å². The van der Waals surface area contributed by atoms with Crippen LogP contribution in [-0.4, -0.2) is 29.7 Å². The number of hydrogen-bond acceptors (Lipinski definition) is 2. The van der Waals surface area contributed by atoms with Gasteiger partial charge < -0.3 is 4.90 Å². The Morgan fingerprint density at radius 2 is 2.17 bits per heavy atom. The lowest BCUT2D eigenvalue weighted by Crippen LogP contribution is -2.43. The Morgan fingerprint density at radius 1 is 1.44 bits per heavy atom. The van der Waals surface area contributed by atoms with E-state index >= 15 is 0 Å². The first-order valence-electron chi connectivity index (χ1n) is 6.07. The molecule has 0 aromatic heterocycles. The molecular weight excluding hydrogens is 294 g/mol. The highest BCUT2D eigenvalue weighted by Gasteiger charge is 2.28. The summed E-state index contributed by atoms with van der Waals surface area (Å²) >= 11 is 3.41.